The standard InChI is InChI=1S/C13H20N2O2/c1-3-4-5-8-17-12-9-10(13(16)15-2)6-7-11(12)14/h6-7,9H,3-5,8,14H2,1-2H3,(H,15,16). The van der Waals surface area contributed by atoms with Gasteiger partial charge in [0.1, 0.15) is 5.75 Å². The van der Waals surface area contributed by atoms with Crippen LogP contribution in [-0.4, -0.2) is 19.6 Å². The lowest BCUT2D eigenvalue weighted by Gasteiger charge is -2.10. The summed E-state index contributed by atoms with van der Waals surface area (Å²) in [4.78, 5) is 11.4. The van der Waals surface area contributed by atoms with Crippen molar-refractivity contribution >= 4 is 11.6 Å². The molecule has 0 bridgehead atoms. The Morgan fingerprint density at radius 3 is 2.82 bits per heavy atom. The second kappa shape index (κ2) is 6.78. The second-order valence-corrected chi connectivity index (χ2v) is 3.89. The molecule has 0 unspecified atom stereocenters. The van der Waals surface area contributed by atoms with Crippen molar-refractivity contribution in [3.63, 3.8) is 0 Å². The summed E-state index contributed by atoms with van der Waals surface area (Å²) >= 11 is 0. The molecule has 4 nitrogen and oxygen atoms in total. The zero-order chi connectivity index (χ0) is 12.7. The summed E-state index contributed by atoms with van der Waals surface area (Å²) in [7, 11) is 1.60. The van der Waals surface area contributed by atoms with Crippen molar-refractivity contribution in [1.29, 1.82) is 0 Å². The Kier molecular flexibility index (Phi) is 5.33. The van der Waals surface area contributed by atoms with Crippen molar-refractivity contribution in [2.24, 2.45) is 0 Å². The van der Waals surface area contributed by atoms with Crippen LogP contribution >= 0.6 is 0 Å². The Labute approximate surface area is 102 Å². The van der Waals surface area contributed by atoms with Crippen LogP contribution in [0.3, 0.4) is 0 Å². The molecule has 94 valence electrons. The number of nitrogen functional groups attached to an aromatic ring is 1. The number of carbonyl (C=O) groups excluding carboxylic acids is 1. The fourth-order valence-electron chi connectivity index (χ4n) is 1.48. The Bertz CT molecular complexity index is 378. The molecule has 0 aliphatic heterocycles. The third kappa shape index (κ3) is 3.98. The Balaban J connectivity index is 2.66. The summed E-state index contributed by atoms with van der Waals surface area (Å²) in [5.41, 5.74) is 6.92. The maximum Gasteiger partial charge on any atom is 0.251 e. The smallest absolute Gasteiger partial charge is 0.251 e. The monoisotopic (exact) mass is 236 g/mol. The van der Waals surface area contributed by atoms with Crippen LogP contribution in [0.15, 0.2) is 18.2 Å². The molecule has 1 aromatic rings. The minimum absolute atomic E-state index is 0.136. The molecule has 0 aliphatic carbocycles. The van der Waals surface area contributed by atoms with Gasteiger partial charge in [-0.1, -0.05) is 19.8 Å². The van der Waals surface area contributed by atoms with E-state index in [9.17, 15) is 4.79 Å². The van der Waals surface area contributed by atoms with Crippen LogP contribution in [-0.2, 0) is 0 Å². The first-order valence-corrected chi connectivity index (χ1v) is 5.93. The average Bonchev–Trinajstić information content (AvgIpc) is 2.35. The van der Waals surface area contributed by atoms with E-state index in [1.54, 1.807) is 25.2 Å². The van der Waals surface area contributed by atoms with Crippen molar-refractivity contribution in [3.8, 4) is 5.75 Å². The van der Waals surface area contributed by atoms with Crippen molar-refractivity contribution in [2.45, 2.75) is 26.2 Å². The average molecular weight is 236 g/mol. The fourth-order valence-corrected chi connectivity index (χ4v) is 1.48. The minimum Gasteiger partial charge on any atom is -0.491 e. The quantitative estimate of drug-likeness (QED) is 0.588. The zero-order valence-electron chi connectivity index (χ0n) is 10.5. The molecule has 1 rings (SSSR count). The van der Waals surface area contributed by atoms with Gasteiger partial charge in [-0.2, -0.15) is 0 Å². The molecule has 0 saturated heterocycles. The van der Waals surface area contributed by atoms with Gasteiger partial charge in [0.15, 0.2) is 0 Å². The number of rotatable bonds is 6. The second-order valence-electron chi connectivity index (χ2n) is 3.89. The maximum absolute atomic E-state index is 11.4. The molecule has 0 fully saturated rings. The Morgan fingerprint density at radius 1 is 1.41 bits per heavy atom. The van der Waals surface area contributed by atoms with E-state index in [2.05, 4.69) is 12.2 Å². The number of benzene rings is 1. The lowest BCUT2D eigenvalue weighted by molar-refractivity contribution is 0.0962. The fraction of sp³-hybridized carbons (Fsp3) is 0.462. The molecule has 1 aromatic carbocycles. The van der Waals surface area contributed by atoms with Gasteiger partial charge >= 0.3 is 0 Å². The molecule has 0 aromatic heterocycles. The van der Waals surface area contributed by atoms with Crippen molar-refractivity contribution < 1.29 is 9.53 Å². The van der Waals surface area contributed by atoms with Gasteiger partial charge in [-0.05, 0) is 24.6 Å². The highest BCUT2D eigenvalue weighted by atomic mass is 16.5. The molecule has 0 spiro atoms. The van der Waals surface area contributed by atoms with E-state index >= 15 is 0 Å². The van der Waals surface area contributed by atoms with Crippen LogP contribution < -0.4 is 15.8 Å². The molecule has 0 heterocycles. The molecule has 1 amide bonds. The highest BCUT2D eigenvalue weighted by Crippen LogP contribution is 2.23. The lowest BCUT2D eigenvalue weighted by atomic mass is 10.2. The number of unbranched alkanes of at least 4 members (excludes halogenated alkanes) is 2. The number of ether oxygens (including phenoxy) is 1. The van der Waals surface area contributed by atoms with Crippen LogP contribution in [0.2, 0.25) is 0 Å². The molecule has 3 N–H and O–H groups in total. The number of hydrogen-bond donors (Lipinski definition) is 2. The Morgan fingerprint density at radius 2 is 2.18 bits per heavy atom. The number of carbonyl (C=O) groups is 1. The lowest BCUT2D eigenvalue weighted by Crippen LogP contribution is -2.17. The molecule has 0 saturated carbocycles. The molecule has 0 aliphatic rings. The third-order valence-electron chi connectivity index (χ3n) is 2.51. The number of hydrogen-bond acceptors (Lipinski definition) is 3. The van der Waals surface area contributed by atoms with Crippen molar-refractivity contribution in [1.82, 2.24) is 5.32 Å². The molecule has 0 radical (unpaired) electrons. The van der Waals surface area contributed by atoms with Crippen LogP contribution in [0.1, 0.15) is 36.5 Å². The van der Waals surface area contributed by atoms with E-state index in [1.165, 1.54) is 0 Å². The van der Waals surface area contributed by atoms with E-state index in [-0.39, 0.29) is 5.91 Å². The molecule has 4 heteroatoms. The Hall–Kier alpha value is -1.71. The number of anilines is 1. The largest absolute Gasteiger partial charge is 0.491 e. The van der Waals surface area contributed by atoms with Crippen molar-refractivity contribution in [2.75, 3.05) is 19.4 Å². The SMILES string of the molecule is CCCCCOc1cc(C(=O)NC)ccc1N. The molecule has 17 heavy (non-hydrogen) atoms. The van der Waals surface area contributed by atoms with Gasteiger partial charge in [0.2, 0.25) is 0 Å². The van der Waals surface area contributed by atoms with Crippen LogP contribution in [0.5, 0.6) is 5.75 Å². The van der Waals surface area contributed by atoms with Gasteiger partial charge < -0.3 is 15.8 Å². The zero-order valence-corrected chi connectivity index (χ0v) is 10.5. The van der Waals surface area contributed by atoms with E-state index in [4.69, 9.17) is 10.5 Å². The first-order chi connectivity index (χ1) is 8.19. The predicted octanol–water partition coefficient (Wildman–Crippen LogP) is 2.20. The third-order valence-corrected chi connectivity index (χ3v) is 2.51. The minimum atomic E-state index is -0.136. The summed E-state index contributed by atoms with van der Waals surface area (Å²) < 4.78 is 5.57. The van der Waals surface area contributed by atoms with Gasteiger partial charge in [0, 0.05) is 12.6 Å². The van der Waals surface area contributed by atoms with Crippen LogP contribution in [0, 0.1) is 0 Å². The van der Waals surface area contributed by atoms with E-state index in [0.717, 1.165) is 19.3 Å². The maximum atomic E-state index is 11.4. The summed E-state index contributed by atoms with van der Waals surface area (Å²) in [6.45, 7) is 2.77. The van der Waals surface area contributed by atoms with Crippen molar-refractivity contribution in [3.05, 3.63) is 23.8 Å². The highest BCUT2D eigenvalue weighted by Gasteiger charge is 2.07. The molecular weight excluding hydrogens is 216 g/mol. The van der Waals surface area contributed by atoms with Gasteiger partial charge in [-0.3, -0.25) is 4.79 Å². The number of amides is 1. The summed E-state index contributed by atoms with van der Waals surface area (Å²) in [5, 5.41) is 2.57. The summed E-state index contributed by atoms with van der Waals surface area (Å²) in [6.07, 6.45) is 3.28. The van der Waals surface area contributed by atoms with E-state index < -0.39 is 0 Å². The van der Waals surface area contributed by atoms with Gasteiger partial charge in [-0.25, -0.2) is 0 Å². The van der Waals surface area contributed by atoms with E-state index in [1.807, 2.05) is 0 Å². The normalized spacial score (nSPS) is 10.0. The highest BCUT2D eigenvalue weighted by molar-refractivity contribution is 5.95. The molecular formula is C13H20N2O2. The molecule has 0 atom stereocenters. The summed E-state index contributed by atoms with van der Waals surface area (Å²) in [5.74, 6) is 0.450. The number of nitrogens with two attached hydrogens (primary N) is 1. The first-order valence-electron chi connectivity index (χ1n) is 5.93. The van der Waals surface area contributed by atoms with E-state index in [0.29, 0.717) is 23.6 Å². The predicted molar refractivity (Wildman–Crippen MR) is 69.3 cm³/mol. The van der Waals surface area contributed by atoms with Crippen LogP contribution in [0.4, 0.5) is 5.69 Å². The van der Waals surface area contributed by atoms with Crippen LogP contribution in [0.25, 0.3) is 0 Å². The topological polar surface area (TPSA) is 64.3 Å². The van der Waals surface area contributed by atoms with Gasteiger partial charge in [0.25, 0.3) is 5.91 Å². The van der Waals surface area contributed by atoms with Gasteiger partial charge in [-0.15, -0.1) is 0 Å². The van der Waals surface area contributed by atoms with Gasteiger partial charge in [0.05, 0.1) is 12.3 Å². The first kappa shape index (κ1) is 13.4. The summed E-state index contributed by atoms with van der Waals surface area (Å²) in [6, 6.07) is 5.06. The number of nitrogens with one attached hydrogen (secondary N) is 1.